The third kappa shape index (κ3) is 5.20. The Balaban J connectivity index is 1.02. The predicted octanol–water partition coefficient (Wildman–Crippen LogP) is 16.5. The van der Waals surface area contributed by atoms with Crippen LogP contribution < -0.4 is 4.90 Å². The molecule has 3 aromatic heterocycles. The average molecular weight is 793 g/mol. The zero-order valence-electron chi connectivity index (χ0n) is 33.5. The number of furan rings is 2. The molecular formula is C58H36N2O2. The number of benzene rings is 10. The lowest BCUT2D eigenvalue weighted by atomic mass is 9.97. The second-order valence-corrected chi connectivity index (χ2v) is 16.0. The van der Waals surface area contributed by atoms with Crippen LogP contribution in [-0.2, 0) is 0 Å². The highest BCUT2D eigenvalue weighted by Gasteiger charge is 2.22. The highest BCUT2D eigenvalue weighted by Crippen LogP contribution is 2.45. The summed E-state index contributed by atoms with van der Waals surface area (Å²) in [6.07, 6.45) is 0. The van der Waals surface area contributed by atoms with Crippen LogP contribution in [0.25, 0.3) is 104 Å². The molecule has 0 radical (unpaired) electrons. The van der Waals surface area contributed by atoms with Gasteiger partial charge in [0.25, 0.3) is 0 Å². The fourth-order valence-corrected chi connectivity index (χ4v) is 9.82. The second kappa shape index (κ2) is 13.6. The summed E-state index contributed by atoms with van der Waals surface area (Å²) in [5.41, 5.74) is 14.5. The number of anilines is 3. The zero-order valence-corrected chi connectivity index (χ0v) is 33.5. The fraction of sp³-hybridized carbons (Fsp3) is 0. The van der Waals surface area contributed by atoms with Crippen LogP contribution in [0.3, 0.4) is 0 Å². The minimum atomic E-state index is 0.878. The van der Waals surface area contributed by atoms with Crippen molar-refractivity contribution in [2.24, 2.45) is 0 Å². The summed E-state index contributed by atoms with van der Waals surface area (Å²) in [6, 6.07) is 78.0. The Hall–Kier alpha value is -8.34. The molecule has 0 unspecified atom stereocenters. The molecule has 0 aliphatic heterocycles. The summed E-state index contributed by atoms with van der Waals surface area (Å²) in [4.78, 5) is 2.40. The van der Waals surface area contributed by atoms with E-state index >= 15 is 0 Å². The Bertz CT molecular complexity index is 3830. The predicted molar refractivity (Wildman–Crippen MR) is 258 cm³/mol. The molecule has 0 spiro atoms. The van der Waals surface area contributed by atoms with E-state index in [1.807, 2.05) is 12.1 Å². The van der Waals surface area contributed by atoms with Crippen LogP contribution in [0.1, 0.15) is 0 Å². The molecule has 13 rings (SSSR count). The largest absolute Gasteiger partial charge is 0.455 e. The quantitative estimate of drug-likeness (QED) is 0.168. The van der Waals surface area contributed by atoms with E-state index in [-0.39, 0.29) is 0 Å². The Morgan fingerprint density at radius 2 is 0.984 bits per heavy atom. The molecule has 3 heterocycles. The molecule has 0 saturated carbocycles. The average Bonchev–Trinajstić information content (AvgIpc) is 4.02. The molecule has 0 N–H and O–H groups in total. The second-order valence-electron chi connectivity index (χ2n) is 16.0. The van der Waals surface area contributed by atoms with E-state index in [0.717, 1.165) is 105 Å². The maximum absolute atomic E-state index is 6.64. The molecule has 0 aliphatic rings. The number of nitrogens with zero attached hydrogens (tertiary/aromatic N) is 2. The summed E-state index contributed by atoms with van der Waals surface area (Å²) in [5, 5.41) is 9.22. The van der Waals surface area contributed by atoms with Crippen LogP contribution in [-0.4, -0.2) is 4.57 Å². The molecule has 0 saturated heterocycles. The van der Waals surface area contributed by atoms with Gasteiger partial charge in [0.05, 0.1) is 22.4 Å². The zero-order chi connectivity index (χ0) is 40.7. The van der Waals surface area contributed by atoms with Gasteiger partial charge < -0.3 is 18.3 Å². The van der Waals surface area contributed by atoms with Crippen LogP contribution in [0.2, 0.25) is 0 Å². The first kappa shape index (κ1) is 34.5. The van der Waals surface area contributed by atoms with Gasteiger partial charge in [-0.3, -0.25) is 0 Å². The van der Waals surface area contributed by atoms with E-state index < -0.39 is 0 Å². The van der Waals surface area contributed by atoms with Crippen LogP contribution in [0.5, 0.6) is 0 Å². The van der Waals surface area contributed by atoms with Crippen LogP contribution in [0.15, 0.2) is 227 Å². The molecule has 0 amide bonds. The number of para-hydroxylation sites is 6. The molecule has 13 aromatic rings. The van der Waals surface area contributed by atoms with Crippen molar-refractivity contribution in [3.05, 3.63) is 218 Å². The smallest absolute Gasteiger partial charge is 0.143 e. The van der Waals surface area contributed by atoms with Crippen molar-refractivity contribution in [3.63, 3.8) is 0 Å². The van der Waals surface area contributed by atoms with Gasteiger partial charge in [0.2, 0.25) is 0 Å². The molecule has 4 heteroatoms. The third-order valence-electron chi connectivity index (χ3n) is 12.6. The highest BCUT2D eigenvalue weighted by molar-refractivity contribution is 6.19. The van der Waals surface area contributed by atoms with Crippen molar-refractivity contribution < 1.29 is 8.83 Å². The Kier molecular flexibility index (Phi) is 7.57. The lowest BCUT2D eigenvalue weighted by Crippen LogP contribution is -2.13. The SMILES string of the molecule is c1cc(-c2cccc3oc4c5ccccc5ccc4c23)cc(N(c2ccc(-c3cccc4c3oc3ccccc34)cc2)c2ccccc2-n2c3ccccc3c3ccccc32)c1. The van der Waals surface area contributed by atoms with E-state index in [1.165, 1.54) is 16.2 Å². The molecule has 4 nitrogen and oxygen atoms in total. The standard InChI is InChI=1S/C58H36N2O2/c1-2-17-43-37(14-1)32-35-49-56-42(21-13-29-55(56)62-58(43)49)39-15-11-16-41(36-39)59(40-33-30-38(31-34-40)44-22-12-23-48-47-20-5-10-28-54(47)61-57(44)48)52-26-8-9-27-53(52)60-50-24-6-3-18-45(50)46-19-4-7-25-51(46)60/h1-36H. The lowest BCUT2D eigenvalue weighted by molar-refractivity contribution is 0.670. The van der Waals surface area contributed by atoms with Crippen LogP contribution >= 0.6 is 0 Å². The first-order valence-electron chi connectivity index (χ1n) is 21.1. The van der Waals surface area contributed by atoms with Crippen molar-refractivity contribution >= 4 is 93.5 Å². The van der Waals surface area contributed by atoms with Crippen molar-refractivity contribution in [1.82, 2.24) is 4.57 Å². The van der Waals surface area contributed by atoms with E-state index in [2.05, 4.69) is 216 Å². The number of hydrogen-bond donors (Lipinski definition) is 0. The maximum Gasteiger partial charge on any atom is 0.143 e. The van der Waals surface area contributed by atoms with Gasteiger partial charge >= 0.3 is 0 Å². The van der Waals surface area contributed by atoms with Crippen LogP contribution in [0, 0.1) is 0 Å². The molecule has 0 aliphatic carbocycles. The molecular weight excluding hydrogens is 757 g/mol. The molecule has 0 bridgehead atoms. The summed E-state index contributed by atoms with van der Waals surface area (Å²) >= 11 is 0. The minimum Gasteiger partial charge on any atom is -0.455 e. The molecule has 62 heavy (non-hydrogen) atoms. The molecule has 0 fully saturated rings. The van der Waals surface area contributed by atoms with Gasteiger partial charge in [-0.15, -0.1) is 0 Å². The Labute approximate surface area is 356 Å². The van der Waals surface area contributed by atoms with Crippen LogP contribution in [0.4, 0.5) is 17.1 Å². The van der Waals surface area contributed by atoms with Crippen molar-refractivity contribution in [3.8, 4) is 27.9 Å². The number of hydrogen-bond acceptors (Lipinski definition) is 3. The van der Waals surface area contributed by atoms with Gasteiger partial charge in [0, 0.05) is 54.6 Å². The summed E-state index contributed by atoms with van der Waals surface area (Å²) in [7, 11) is 0. The molecule has 0 atom stereocenters. The van der Waals surface area contributed by atoms with E-state index in [0.29, 0.717) is 0 Å². The lowest BCUT2D eigenvalue weighted by Gasteiger charge is -2.29. The molecule has 10 aromatic carbocycles. The summed E-state index contributed by atoms with van der Waals surface area (Å²) in [6.45, 7) is 0. The molecule has 290 valence electrons. The Morgan fingerprint density at radius 3 is 1.82 bits per heavy atom. The Morgan fingerprint density at radius 1 is 0.355 bits per heavy atom. The summed E-state index contributed by atoms with van der Waals surface area (Å²) in [5.74, 6) is 0. The van der Waals surface area contributed by atoms with Gasteiger partial charge in [0.15, 0.2) is 0 Å². The summed E-state index contributed by atoms with van der Waals surface area (Å²) < 4.78 is 15.5. The monoisotopic (exact) mass is 792 g/mol. The topological polar surface area (TPSA) is 34.5 Å². The van der Waals surface area contributed by atoms with Crippen molar-refractivity contribution in [2.45, 2.75) is 0 Å². The van der Waals surface area contributed by atoms with Gasteiger partial charge in [-0.25, -0.2) is 0 Å². The van der Waals surface area contributed by atoms with Gasteiger partial charge in [-0.1, -0.05) is 152 Å². The third-order valence-corrected chi connectivity index (χ3v) is 12.6. The number of fused-ring (bicyclic) bond motifs is 11. The van der Waals surface area contributed by atoms with E-state index in [9.17, 15) is 0 Å². The van der Waals surface area contributed by atoms with E-state index in [1.54, 1.807) is 0 Å². The number of aromatic nitrogens is 1. The van der Waals surface area contributed by atoms with Gasteiger partial charge in [0.1, 0.15) is 22.3 Å². The van der Waals surface area contributed by atoms with Gasteiger partial charge in [-0.05, 0) is 88.8 Å². The van der Waals surface area contributed by atoms with E-state index in [4.69, 9.17) is 8.83 Å². The highest BCUT2D eigenvalue weighted by atomic mass is 16.3. The minimum absolute atomic E-state index is 0.878. The van der Waals surface area contributed by atoms with Crippen molar-refractivity contribution in [2.75, 3.05) is 4.90 Å². The fourth-order valence-electron chi connectivity index (χ4n) is 9.82. The van der Waals surface area contributed by atoms with Crippen molar-refractivity contribution in [1.29, 1.82) is 0 Å². The maximum atomic E-state index is 6.64. The normalized spacial score (nSPS) is 11.9. The van der Waals surface area contributed by atoms with Gasteiger partial charge in [-0.2, -0.15) is 0 Å². The first-order valence-corrected chi connectivity index (χ1v) is 21.1. The first-order chi connectivity index (χ1) is 30.8. The number of rotatable bonds is 6.